The summed E-state index contributed by atoms with van der Waals surface area (Å²) in [5, 5.41) is 10.2. The van der Waals surface area contributed by atoms with Crippen LogP contribution in [0.5, 0.6) is 0 Å². The predicted molar refractivity (Wildman–Crippen MR) is 118 cm³/mol. The average Bonchev–Trinajstić information content (AvgIpc) is 3.06. The second-order valence-electron chi connectivity index (χ2n) is 7.23. The van der Waals surface area contributed by atoms with E-state index in [4.69, 9.17) is 0 Å². The van der Waals surface area contributed by atoms with Gasteiger partial charge < -0.3 is 15.5 Å². The second-order valence-corrected chi connectivity index (χ2v) is 7.23. The van der Waals surface area contributed by atoms with Crippen LogP contribution in [0.2, 0.25) is 0 Å². The number of carbonyl (C=O) groups is 2. The third-order valence-corrected chi connectivity index (χ3v) is 4.65. The van der Waals surface area contributed by atoms with Crippen LogP contribution in [0.15, 0.2) is 60.7 Å². The molecule has 3 amide bonds. The molecule has 0 saturated carbocycles. The minimum absolute atomic E-state index is 0.171. The maximum absolute atomic E-state index is 12.4. The number of aryl methyl sites for hydroxylation is 2. The minimum atomic E-state index is -0.213. The fourth-order valence-electron chi connectivity index (χ4n) is 3.20. The van der Waals surface area contributed by atoms with Gasteiger partial charge in [-0.3, -0.25) is 4.79 Å². The van der Waals surface area contributed by atoms with E-state index in [-0.39, 0.29) is 24.9 Å². The number of aromatic nitrogens is 2. The molecule has 3 aromatic rings. The Morgan fingerprint density at radius 1 is 1.03 bits per heavy atom. The van der Waals surface area contributed by atoms with E-state index in [1.807, 2.05) is 79.2 Å². The number of anilines is 1. The summed E-state index contributed by atoms with van der Waals surface area (Å²) in [5.74, 6) is -0.171. The highest BCUT2D eigenvalue weighted by molar-refractivity contribution is 5.93. The summed E-state index contributed by atoms with van der Waals surface area (Å²) in [6, 6.07) is 19.1. The van der Waals surface area contributed by atoms with Crippen molar-refractivity contribution in [2.24, 2.45) is 0 Å². The van der Waals surface area contributed by atoms with Crippen molar-refractivity contribution in [1.29, 1.82) is 0 Å². The van der Waals surface area contributed by atoms with Crippen molar-refractivity contribution in [3.8, 4) is 5.69 Å². The molecular formula is C23H27N5O2. The lowest BCUT2D eigenvalue weighted by Crippen LogP contribution is -2.38. The van der Waals surface area contributed by atoms with E-state index in [2.05, 4.69) is 15.7 Å². The topological polar surface area (TPSA) is 79.3 Å². The number of amides is 3. The number of rotatable bonds is 7. The maximum atomic E-state index is 12.4. The molecule has 0 spiro atoms. The molecule has 7 nitrogen and oxygen atoms in total. The first kappa shape index (κ1) is 21.1. The number of carbonyl (C=O) groups excluding carboxylic acids is 2. The van der Waals surface area contributed by atoms with Gasteiger partial charge in [-0.1, -0.05) is 42.5 Å². The summed E-state index contributed by atoms with van der Waals surface area (Å²) in [5.41, 5.74) is 4.44. The van der Waals surface area contributed by atoms with Crippen molar-refractivity contribution in [3.63, 3.8) is 0 Å². The van der Waals surface area contributed by atoms with Crippen molar-refractivity contribution < 1.29 is 9.59 Å². The summed E-state index contributed by atoms with van der Waals surface area (Å²) >= 11 is 0. The van der Waals surface area contributed by atoms with E-state index in [0.29, 0.717) is 12.2 Å². The summed E-state index contributed by atoms with van der Waals surface area (Å²) in [6.45, 7) is 4.67. The van der Waals surface area contributed by atoms with Crippen LogP contribution in [-0.2, 0) is 11.3 Å². The van der Waals surface area contributed by atoms with E-state index in [1.165, 1.54) is 0 Å². The lowest BCUT2D eigenvalue weighted by molar-refractivity contribution is -0.116. The fraction of sp³-hybridized carbons (Fsp3) is 0.261. The molecule has 2 N–H and O–H groups in total. The molecule has 0 unspecified atom stereocenters. The second kappa shape index (κ2) is 9.73. The van der Waals surface area contributed by atoms with Crippen LogP contribution in [0.4, 0.5) is 10.5 Å². The molecule has 30 heavy (non-hydrogen) atoms. The normalized spacial score (nSPS) is 10.5. The number of hydrogen-bond acceptors (Lipinski definition) is 3. The molecule has 0 aliphatic heterocycles. The molecule has 1 aromatic heterocycles. The molecule has 7 heteroatoms. The van der Waals surface area contributed by atoms with Crippen molar-refractivity contribution in [3.05, 3.63) is 77.6 Å². The third kappa shape index (κ3) is 5.47. The number of benzene rings is 2. The molecule has 156 valence electrons. The van der Waals surface area contributed by atoms with E-state index in [0.717, 1.165) is 22.6 Å². The SMILES string of the molecule is Cc1cc(C)n(-c2ccccc2NC(=O)CCNC(=O)N(C)Cc2ccccc2)n1. The highest BCUT2D eigenvalue weighted by Gasteiger charge is 2.12. The smallest absolute Gasteiger partial charge is 0.317 e. The van der Waals surface area contributed by atoms with Crippen molar-refractivity contribution in [2.45, 2.75) is 26.8 Å². The molecule has 1 heterocycles. The molecule has 0 bridgehead atoms. The first-order valence-electron chi connectivity index (χ1n) is 9.89. The standard InChI is InChI=1S/C23H27N5O2/c1-17-15-18(2)28(26-17)21-12-8-7-11-20(21)25-22(29)13-14-24-23(30)27(3)16-19-9-5-4-6-10-19/h4-12,15H,13-14,16H2,1-3H3,(H,24,30)(H,25,29). The van der Waals surface area contributed by atoms with Gasteiger partial charge in [0, 0.05) is 32.3 Å². The molecule has 3 rings (SSSR count). The largest absolute Gasteiger partial charge is 0.337 e. The van der Waals surface area contributed by atoms with Gasteiger partial charge in [0.1, 0.15) is 0 Å². The van der Waals surface area contributed by atoms with E-state index in [1.54, 1.807) is 11.9 Å². The Balaban J connectivity index is 1.52. The fourth-order valence-corrected chi connectivity index (χ4v) is 3.20. The van der Waals surface area contributed by atoms with Crippen molar-refractivity contribution in [1.82, 2.24) is 20.0 Å². The molecule has 0 saturated heterocycles. The van der Waals surface area contributed by atoms with Gasteiger partial charge in [0.15, 0.2) is 0 Å². The summed E-state index contributed by atoms with van der Waals surface area (Å²) < 4.78 is 1.81. The van der Waals surface area contributed by atoms with Gasteiger partial charge >= 0.3 is 6.03 Å². The Labute approximate surface area is 176 Å². The van der Waals surface area contributed by atoms with Gasteiger partial charge in [-0.15, -0.1) is 0 Å². The van der Waals surface area contributed by atoms with Gasteiger partial charge in [-0.05, 0) is 37.6 Å². The van der Waals surface area contributed by atoms with Crippen molar-refractivity contribution >= 4 is 17.6 Å². The molecule has 0 fully saturated rings. The number of urea groups is 1. The monoisotopic (exact) mass is 405 g/mol. The Kier molecular flexibility index (Phi) is 6.85. The number of para-hydroxylation sites is 2. The van der Waals surface area contributed by atoms with Gasteiger partial charge in [0.2, 0.25) is 5.91 Å². The number of hydrogen-bond donors (Lipinski definition) is 2. The highest BCUT2D eigenvalue weighted by Crippen LogP contribution is 2.21. The van der Waals surface area contributed by atoms with Gasteiger partial charge in [0.25, 0.3) is 0 Å². The molecule has 2 aromatic carbocycles. The van der Waals surface area contributed by atoms with Crippen LogP contribution in [-0.4, -0.2) is 40.2 Å². The van der Waals surface area contributed by atoms with Gasteiger partial charge in [-0.2, -0.15) is 5.10 Å². The number of nitrogens with one attached hydrogen (secondary N) is 2. The Hall–Kier alpha value is -3.61. The van der Waals surface area contributed by atoms with Crippen molar-refractivity contribution in [2.75, 3.05) is 18.9 Å². The molecule has 0 aliphatic rings. The molecule has 0 atom stereocenters. The maximum Gasteiger partial charge on any atom is 0.317 e. The van der Waals surface area contributed by atoms with Crippen LogP contribution < -0.4 is 10.6 Å². The summed E-state index contributed by atoms with van der Waals surface area (Å²) in [4.78, 5) is 26.2. The number of nitrogens with zero attached hydrogens (tertiary/aromatic N) is 3. The lowest BCUT2D eigenvalue weighted by Gasteiger charge is -2.18. The van der Waals surface area contributed by atoms with Crippen LogP contribution in [0, 0.1) is 13.8 Å². The third-order valence-electron chi connectivity index (χ3n) is 4.65. The zero-order valence-corrected chi connectivity index (χ0v) is 17.6. The molecule has 0 aliphatic carbocycles. The van der Waals surface area contributed by atoms with Crippen LogP contribution in [0.25, 0.3) is 5.69 Å². The van der Waals surface area contributed by atoms with E-state index in [9.17, 15) is 9.59 Å². The Bertz CT molecular complexity index is 1010. The molecular weight excluding hydrogens is 378 g/mol. The lowest BCUT2D eigenvalue weighted by atomic mass is 10.2. The highest BCUT2D eigenvalue weighted by atomic mass is 16.2. The van der Waals surface area contributed by atoms with E-state index < -0.39 is 0 Å². The summed E-state index contributed by atoms with van der Waals surface area (Å²) in [7, 11) is 1.73. The zero-order chi connectivity index (χ0) is 21.5. The van der Waals surface area contributed by atoms with Gasteiger partial charge in [-0.25, -0.2) is 9.48 Å². The quantitative estimate of drug-likeness (QED) is 0.630. The van der Waals surface area contributed by atoms with Crippen LogP contribution >= 0.6 is 0 Å². The molecule has 0 radical (unpaired) electrons. The zero-order valence-electron chi connectivity index (χ0n) is 17.6. The summed E-state index contributed by atoms with van der Waals surface area (Å²) in [6.07, 6.45) is 0.177. The van der Waals surface area contributed by atoms with Gasteiger partial charge in [0.05, 0.1) is 17.1 Å². The minimum Gasteiger partial charge on any atom is -0.337 e. The predicted octanol–water partition coefficient (Wildman–Crippen LogP) is 3.66. The van der Waals surface area contributed by atoms with E-state index >= 15 is 0 Å². The first-order valence-corrected chi connectivity index (χ1v) is 9.89. The Morgan fingerprint density at radius 3 is 2.43 bits per heavy atom. The van der Waals surface area contributed by atoms with Crippen LogP contribution in [0.3, 0.4) is 0 Å². The van der Waals surface area contributed by atoms with Crippen LogP contribution in [0.1, 0.15) is 23.4 Å². The first-order chi connectivity index (χ1) is 14.4. The Morgan fingerprint density at radius 2 is 1.73 bits per heavy atom. The average molecular weight is 406 g/mol.